The minimum Gasteiger partial charge on any atom is -0.418 e. The number of halogens is 16. The summed E-state index contributed by atoms with van der Waals surface area (Å²) in [6, 6.07) is 0.958. The zero-order chi connectivity index (χ0) is 30.8. The van der Waals surface area contributed by atoms with Crippen LogP contribution < -0.4 is 0 Å². The molecule has 0 aliphatic carbocycles. The number of rotatable bonds is 3. The van der Waals surface area contributed by atoms with Crippen molar-refractivity contribution in [3.8, 4) is 0 Å². The third-order valence-corrected chi connectivity index (χ3v) is 4.26. The molecule has 0 bridgehead atoms. The van der Waals surface area contributed by atoms with Crippen LogP contribution in [0.4, 0.5) is 81.3 Å². The molecule has 2 aromatic rings. The van der Waals surface area contributed by atoms with Crippen LogP contribution in [0, 0.1) is 7.43 Å². The largest absolute Gasteiger partial charge is 0.673 e. The van der Waals surface area contributed by atoms with E-state index >= 15 is 0 Å². The van der Waals surface area contributed by atoms with Crippen LogP contribution in [0.3, 0.4) is 0 Å². The normalized spacial score (nSPS) is 13.2. The SMILES string of the molecule is CC(=Nc1cc(C(F)(F)F)cc(C(F)(F)F)c1)C(C)=Nc1cc(C(F)(F)F)cc(C(F)(F)F)c1.F[B-](F)(F)F.O.[CH3-].[Pt]. The van der Waals surface area contributed by atoms with Gasteiger partial charge >= 0.3 is 32.0 Å². The van der Waals surface area contributed by atoms with Crippen LogP contribution in [0.15, 0.2) is 46.4 Å². The molecule has 0 aromatic heterocycles. The molecule has 0 spiro atoms. The predicted octanol–water partition coefficient (Wildman–Crippen LogP) is 9.57. The molecule has 2 N–H and O–H groups in total. The van der Waals surface area contributed by atoms with Crippen molar-refractivity contribution >= 4 is 30.1 Å². The molecule has 2 rings (SSSR count). The topological polar surface area (TPSA) is 56.2 Å². The van der Waals surface area contributed by atoms with E-state index in [1.165, 1.54) is 0 Å². The van der Waals surface area contributed by atoms with E-state index in [0.717, 1.165) is 13.8 Å². The predicted molar refractivity (Wildman–Crippen MR) is 119 cm³/mol. The van der Waals surface area contributed by atoms with Crippen LogP contribution in [0.25, 0.3) is 0 Å². The van der Waals surface area contributed by atoms with E-state index in [4.69, 9.17) is 0 Å². The maximum absolute atomic E-state index is 13.0. The minimum atomic E-state index is -6.00. The molecule has 0 aliphatic heterocycles. The Labute approximate surface area is 241 Å². The third kappa shape index (κ3) is 15.0. The Morgan fingerprint density at radius 2 is 0.667 bits per heavy atom. The molecule has 0 amide bonds. The zero-order valence-electron chi connectivity index (χ0n) is 20.8. The van der Waals surface area contributed by atoms with Gasteiger partial charge in [0.25, 0.3) is 0 Å². The van der Waals surface area contributed by atoms with Gasteiger partial charge in [0.05, 0.1) is 45.1 Å². The van der Waals surface area contributed by atoms with Crippen molar-refractivity contribution in [2.45, 2.75) is 38.6 Å². The van der Waals surface area contributed by atoms with Crippen LogP contribution in [0.2, 0.25) is 0 Å². The first-order valence-electron chi connectivity index (χ1n) is 9.75. The average Bonchev–Trinajstić information content (AvgIpc) is 2.69. The Balaban J connectivity index is -0.00000175. The summed E-state index contributed by atoms with van der Waals surface area (Å²) in [5.41, 5.74) is -8.92. The number of aliphatic imine (C=N–C) groups is 2. The quantitative estimate of drug-likeness (QED) is 0.128. The van der Waals surface area contributed by atoms with Gasteiger partial charge in [0.2, 0.25) is 0 Å². The van der Waals surface area contributed by atoms with Crippen molar-refractivity contribution in [2.75, 3.05) is 0 Å². The summed E-state index contributed by atoms with van der Waals surface area (Å²) in [5.74, 6) is 0. The molecular weight excluding hydrogens is 806 g/mol. The fraction of sp³-hybridized carbons (Fsp3) is 0.286. The minimum absolute atomic E-state index is 0. The van der Waals surface area contributed by atoms with E-state index in [1.807, 2.05) is 0 Å². The molecule has 0 saturated heterocycles. The van der Waals surface area contributed by atoms with Crippen LogP contribution >= 0.6 is 0 Å². The third-order valence-electron chi connectivity index (χ3n) is 4.26. The fourth-order valence-electron chi connectivity index (χ4n) is 2.56. The van der Waals surface area contributed by atoms with E-state index < -0.39 is 65.6 Å². The zero-order valence-corrected chi connectivity index (χ0v) is 23.1. The Morgan fingerprint density at radius 1 is 0.500 bits per heavy atom. The van der Waals surface area contributed by atoms with Gasteiger partial charge in [-0.1, -0.05) is 0 Å². The molecule has 0 aliphatic rings. The smallest absolute Gasteiger partial charge is 0.418 e. The standard InChI is InChI=1S/C20H12F12N2.CH3.BF4.H2O.Pt/c1-9(33-15-5-11(17(21,22)23)3-12(6-15)18(24,25)26)10(2)34-16-7-13(19(27,28)29)4-14(8-16)20(30,31)32;;2-1(3,4)5;;/h3-8H,1-2H3;1H3;;1H2;/q;2*-1;;. The first-order valence-corrected chi connectivity index (χ1v) is 9.75. The molecule has 2 aromatic carbocycles. The summed E-state index contributed by atoms with van der Waals surface area (Å²) in [7, 11) is -6.00. The van der Waals surface area contributed by atoms with E-state index in [-0.39, 0.29) is 57.5 Å². The first kappa shape index (κ1) is 43.8. The molecular formula is C21H17BF16N2OPt-2. The average molecular weight is 823 g/mol. The molecule has 244 valence electrons. The second-order valence-electron chi connectivity index (χ2n) is 7.42. The second-order valence-corrected chi connectivity index (χ2v) is 7.42. The van der Waals surface area contributed by atoms with Crippen LogP contribution in [0.1, 0.15) is 36.1 Å². The van der Waals surface area contributed by atoms with Gasteiger partial charge in [-0.05, 0) is 50.2 Å². The van der Waals surface area contributed by atoms with Gasteiger partial charge in [-0.3, -0.25) is 9.98 Å². The fourth-order valence-corrected chi connectivity index (χ4v) is 2.56. The number of hydrogen-bond donors (Lipinski definition) is 0. The maximum Gasteiger partial charge on any atom is 0.673 e. The Hall–Kier alpha value is -2.63. The summed E-state index contributed by atoms with van der Waals surface area (Å²) in [6.45, 7) is 2.12. The second kappa shape index (κ2) is 15.2. The molecule has 42 heavy (non-hydrogen) atoms. The van der Waals surface area contributed by atoms with Gasteiger partial charge in [-0.15, -0.1) is 0 Å². The van der Waals surface area contributed by atoms with Gasteiger partial charge in [0, 0.05) is 21.1 Å². The number of alkyl halides is 12. The summed E-state index contributed by atoms with van der Waals surface area (Å²) in [6.07, 6.45) is -20.6. The van der Waals surface area contributed by atoms with Crippen LogP contribution in [-0.2, 0) is 45.8 Å². The molecule has 0 radical (unpaired) electrons. The van der Waals surface area contributed by atoms with Gasteiger partial charge in [0.1, 0.15) is 0 Å². The Morgan fingerprint density at radius 3 is 0.810 bits per heavy atom. The van der Waals surface area contributed by atoms with Gasteiger partial charge < -0.3 is 30.2 Å². The van der Waals surface area contributed by atoms with Gasteiger partial charge in [-0.2, -0.15) is 52.7 Å². The van der Waals surface area contributed by atoms with E-state index in [0.29, 0.717) is 24.3 Å². The number of benzene rings is 2. The molecule has 0 heterocycles. The molecule has 21 heteroatoms. The Kier molecular flexibility index (Phi) is 15.9. The van der Waals surface area contributed by atoms with E-state index in [1.54, 1.807) is 0 Å². The number of hydrogen-bond acceptors (Lipinski definition) is 2. The van der Waals surface area contributed by atoms with Gasteiger partial charge in [-0.25, -0.2) is 0 Å². The van der Waals surface area contributed by atoms with E-state index in [9.17, 15) is 69.9 Å². The van der Waals surface area contributed by atoms with Crippen molar-refractivity contribution in [3.63, 3.8) is 0 Å². The Bertz CT molecular complexity index is 1070. The molecule has 0 unspecified atom stereocenters. The molecule has 0 atom stereocenters. The molecule has 3 nitrogen and oxygen atoms in total. The number of nitrogens with zero attached hydrogens (tertiary/aromatic N) is 2. The monoisotopic (exact) mass is 823 g/mol. The van der Waals surface area contributed by atoms with Crippen molar-refractivity contribution in [1.29, 1.82) is 0 Å². The summed E-state index contributed by atoms with van der Waals surface area (Å²) in [5, 5.41) is 0. The summed E-state index contributed by atoms with van der Waals surface area (Å²) in [4.78, 5) is 7.17. The van der Waals surface area contributed by atoms with Crippen molar-refractivity contribution in [2.24, 2.45) is 9.98 Å². The van der Waals surface area contributed by atoms with Crippen molar-refractivity contribution in [1.82, 2.24) is 0 Å². The van der Waals surface area contributed by atoms with Crippen LogP contribution in [-0.4, -0.2) is 24.2 Å². The summed E-state index contributed by atoms with van der Waals surface area (Å²) >= 11 is 0. The van der Waals surface area contributed by atoms with Gasteiger partial charge in [0.15, 0.2) is 0 Å². The first-order chi connectivity index (χ1) is 17.2. The van der Waals surface area contributed by atoms with Crippen molar-refractivity contribution < 1.29 is 96.5 Å². The van der Waals surface area contributed by atoms with Crippen LogP contribution in [0.5, 0.6) is 0 Å². The van der Waals surface area contributed by atoms with Crippen molar-refractivity contribution in [3.05, 3.63) is 66.1 Å². The molecule has 0 fully saturated rings. The summed E-state index contributed by atoms with van der Waals surface area (Å²) < 4.78 is 195. The van der Waals surface area contributed by atoms with E-state index in [2.05, 4.69) is 9.98 Å². The molecule has 0 saturated carbocycles. The maximum atomic E-state index is 13.0.